The van der Waals surface area contributed by atoms with Crippen LogP contribution in [-0.2, 0) is 0 Å². The summed E-state index contributed by atoms with van der Waals surface area (Å²) in [5, 5.41) is 12.3. The van der Waals surface area contributed by atoms with Crippen molar-refractivity contribution in [2.75, 3.05) is 26.0 Å². The normalized spacial score (nSPS) is 12.2. The van der Waals surface area contributed by atoms with Crippen LogP contribution in [0.25, 0.3) is 11.7 Å². The molecule has 1 atom stereocenters. The van der Waals surface area contributed by atoms with Crippen LogP contribution in [0.5, 0.6) is 0 Å². The minimum absolute atomic E-state index is 0.0506. The van der Waals surface area contributed by atoms with Gasteiger partial charge in [0, 0.05) is 18.2 Å². The maximum absolute atomic E-state index is 14.2. The van der Waals surface area contributed by atoms with Gasteiger partial charge in [-0.25, -0.2) is 8.78 Å². The van der Waals surface area contributed by atoms with Crippen LogP contribution in [0.1, 0.15) is 17.3 Å². The van der Waals surface area contributed by atoms with Crippen LogP contribution in [0.15, 0.2) is 43.8 Å². The van der Waals surface area contributed by atoms with E-state index < -0.39 is 17.7 Å². The molecule has 0 aliphatic carbocycles. The van der Waals surface area contributed by atoms with Crippen LogP contribution in [-0.4, -0.2) is 30.5 Å². The van der Waals surface area contributed by atoms with Crippen molar-refractivity contribution in [3.8, 4) is 17.7 Å². The highest BCUT2D eigenvalue weighted by atomic mass is 79.9. The van der Waals surface area contributed by atoms with Gasteiger partial charge in [-0.2, -0.15) is 10.2 Å². The van der Waals surface area contributed by atoms with Crippen molar-refractivity contribution in [1.29, 1.82) is 5.26 Å². The van der Waals surface area contributed by atoms with Gasteiger partial charge in [0.15, 0.2) is 10.4 Å². The highest BCUT2D eigenvalue weighted by Crippen LogP contribution is 2.29. The lowest BCUT2D eigenvalue weighted by Crippen LogP contribution is -2.27. The van der Waals surface area contributed by atoms with Gasteiger partial charge in [-0.3, -0.25) is 0 Å². The zero-order chi connectivity index (χ0) is 19.6. The number of likely N-dealkylation sites (N-methyl/N-ethyl adjacent to an activating group) is 1. The summed E-state index contributed by atoms with van der Waals surface area (Å²) in [7, 11) is 3.54. The molecule has 27 heavy (non-hydrogen) atoms. The first-order chi connectivity index (χ1) is 12.9. The molecular weight excluding hydrogens is 422 g/mol. The summed E-state index contributed by atoms with van der Waals surface area (Å²) in [6.07, 6.45) is 0. The molecular formula is C18H15BrF2N4O2. The van der Waals surface area contributed by atoms with E-state index in [0.717, 1.165) is 6.07 Å². The van der Waals surface area contributed by atoms with E-state index in [1.165, 1.54) is 12.1 Å². The third kappa shape index (κ3) is 4.18. The van der Waals surface area contributed by atoms with Crippen LogP contribution in [0.2, 0.25) is 0 Å². The molecule has 0 radical (unpaired) electrons. The molecule has 0 saturated heterocycles. The average molecular weight is 437 g/mol. The van der Waals surface area contributed by atoms with Crippen LogP contribution in [0, 0.1) is 23.0 Å². The fourth-order valence-electron chi connectivity index (χ4n) is 2.58. The third-order valence-corrected chi connectivity index (χ3v) is 4.34. The summed E-state index contributed by atoms with van der Waals surface area (Å²) in [5.74, 6) is -0.628. The maximum atomic E-state index is 14.2. The number of aromatic nitrogens is 1. The first-order valence-electron chi connectivity index (χ1n) is 7.91. The number of furan rings is 1. The Bertz CT molecular complexity index is 994. The number of nitriles is 1. The number of benzene rings is 1. The van der Waals surface area contributed by atoms with Gasteiger partial charge in [0.25, 0.3) is 5.89 Å². The van der Waals surface area contributed by atoms with Crippen molar-refractivity contribution in [3.05, 3.63) is 57.9 Å². The molecule has 0 aliphatic rings. The molecule has 0 aliphatic heterocycles. The average Bonchev–Trinajstić information content (AvgIpc) is 3.22. The molecule has 0 fully saturated rings. The number of nitrogens with zero attached hydrogens (tertiary/aromatic N) is 3. The third-order valence-electron chi connectivity index (χ3n) is 3.92. The topological polar surface area (TPSA) is 78.2 Å². The van der Waals surface area contributed by atoms with E-state index in [2.05, 4.69) is 26.2 Å². The second-order valence-corrected chi connectivity index (χ2v) is 6.72. The summed E-state index contributed by atoms with van der Waals surface area (Å²) in [4.78, 5) is 5.87. The molecule has 0 bridgehead atoms. The number of anilines is 1. The van der Waals surface area contributed by atoms with E-state index in [0.29, 0.717) is 16.0 Å². The molecule has 0 spiro atoms. The fraction of sp³-hybridized carbons (Fsp3) is 0.222. The van der Waals surface area contributed by atoms with E-state index in [-0.39, 0.29) is 24.0 Å². The Labute approximate surface area is 162 Å². The number of halogens is 3. The maximum Gasteiger partial charge on any atom is 0.266 e. The smallest absolute Gasteiger partial charge is 0.266 e. The monoisotopic (exact) mass is 436 g/mol. The Balaban J connectivity index is 1.83. The minimum Gasteiger partial charge on any atom is -0.444 e. The lowest BCUT2D eigenvalue weighted by molar-refractivity contribution is 0.302. The van der Waals surface area contributed by atoms with Gasteiger partial charge in [-0.15, -0.1) is 0 Å². The fourth-order valence-corrected chi connectivity index (χ4v) is 2.89. The van der Waals surface area contributed by atoms with Crippen LogP contribution < -0.4 is 5.32 Å². The first-order valence-corrected chi connectivity index (χ1v) is 8.70. The minimum atomic E-state index is -0.644. The number of rotatable bonds is 6. The number of hydrogen-bond acceptors (Lipinski definition) is 6. The molecule has 0 saturated carbocycles. The van der Waals surface area contributed by atoms with E-state index >= 15 is 0 Å². The lowest BCUT2D eigenvalue weighted by Gasteiger charge is -2.25. The Morgan fingerprint density at radius 3 is 2.63 bits per heavy atom. The van der Waals surface area contributed by atoms with Crippen molar-refractivity contribution in [1.82, 2.24) is 9.88 Å². The summed E-state index contributed by atoms with van der Waals surface area (Å²) in [6.45, 7) is 0.209. The SMILES string of the molecule is CN(C)C(CNc1oc(-c2ccc(Br)o2)nc1C#N)c1ccc(F)cc1F. The largest absolute Gasteiger partial charge is 0.444 e. The second-order valence-electron chi connectivity index (χ2n) is 5.94. The van der Waals surface area contributed by atoms with Crippen molar-refractivity contribution in [2.24, 2.45) is 0 Å². The number of nitrogens with one attached hydrogen (secondary N) is 1. The molecule has 9 heteroatoms. The van der Waals surface area contributed by atoms with Crippen LogP contribution >= 0.6 is 15.9 Å². The lowest BCUT2D eigenvalue weighted by atomic mass is 10.1. The van der Waals surface area contributed by atoms with E-state index in [4.69, 9.17) is 8.83 Å². The van der Waals surface area contributed by atoms with Crippen molar-refractivity contribution in [2.45, 2.75) is 6.04 Å². The second kappa shape index (κ2) is 7.90. The summed E-state index contributed by atoms with van der Waals surface area (Å²) in [5.41, 5.74) is 0.372. The zero-order valence-corrected chi connectivity index (χ0v) is 16.0. The Morgan fingerprint density at radius 1 is 1.26 bits per heavy atom. The molecule has 2 heterocycles. The summed E-state index contributed by atoms with van der Waals surface area (Å²) in [6, 6.07) is 8.29. The molecule has 2 aromatic heterocycles. The van der Waals surface area contributed by atoms with Gasteiger partial charge in [-0.05, 0) is 48.2 Å². The van der Waals surface area contributed by atoms with Crippen molar-refractivity contribution in [3.63, 3.8) is 0 Å². The van der Waals surface area contributed by atoms with E-state index in [1.54, 1.807) is 31.1 Å². The van der Waals surface area contributed by atoms with Gasteiger partial charge >= 0.3 is 0 Å². The highest BCUT2D eigenvalue weighted by molar-refractivity contribution is 9.10. The number of oxazole rings is 1. The van der Waals surface area contributed by atoms with Crippen LogP contribution in [0.3, 0.4) is 0 Å². The highest BCUT2D eigenvalue weighted by Gasteiger charge is 2.22. The first kappa shape index (κ1) is 19.1. The molecule has 1 aromatic carbocycles. The molecule has 1 unspecified atom stereocenters. The molecule has 6 nitrogen and oxygen atoms in total. The molecule has 1 N–H and O–H groups in total. The predicted octanol–water partition coefficient (Wildman–Crippen LogP) is 4.56. The van der Waals surface area contributed by atoms with Gasteiger partial charge in [0.1, 0.15) is 17.7 Å². The van der Waals surface area contributed by atoms with E-state index in [1.807, 2.05) is 6.07 Å². The van der Waals surface area contributed by atoms with Gasteiger partial charge in [0.05, 0.1) is 6.04 Å². The molecule has 140 valence electrons. The summed E-state index contributed by atoms with van der Waals surface area (Å²) < 4.78 is 38.8. The molecule has 0 amide bonds. The van der Waals surface area contributed by atoms with Gasteiger partial charge < -0.3 is 19.1 Å². The quantitative estimate of drug-likeness (QED) is 0.609. The Hall–Kier alpha value is -2.70. The van der Waals surface area contributed by atoms with E-state index in [9.17, 15) is 14.0 Å². The van der Waals surface area contributed by atoms with Crippen molar-refractivity contribution >= 4 is 21.8 Å². The predicted molar refractivity (Wildman–Crippen MR) is 97.9 cm³/mol. The summed E-state index contributed by atoms with van der Waals surface area (Å²) >= 11 is 3.19. The van der Waals surface area contributed by atoms with Gasteiger partial charge in [0.2, 0.25) is 11.6 Å². The van der Waals surface area contributed by atoms with Gasteiger partial charge in [-0.1, -0.05) is 6.07 Å². The number of hydrogen-bond donors (Lipinski definition) is 1. The Morgan fingerprint density at radius 2 is 2.04 bits per heavy atom. The standard InChI is InChI=1S/C18H15BrF2N4O2/c1-25(2)14(11-4-3-10(20)7-12(11)21)9-23-17-13(8-22)24-18(27-17)15-5-6-16(19)26-15/h3-7,14,23H,9H2,1-2H3. The zero-order valence-electron chi connectivity index (χ0n) is 14.5. The van der Waals surface area contributed by atoms with Crippen LogP contribution in [0.4, 0.5) is 14.7 Å². The molecule has 3 aromatic rings. The van der Waals surface area contributed by atoms with Crippen molar-refractivity contribution < 1.29 is 17.6 Å². The molecule has 3 rings (SSSR count). The Kier molecular flexibility index (Phi) is 5.58.